The Balaban J connectivity index is 2.59. The van der Waals surface area contributed by atoms with E-state index in [1.54, 1.807) is 0 Å². The number of nitrogens with zero attached hydrogens (tertiary/aromatic N) is 1. The van der Waals surface area contributed by atoms with E-state index in [0.29, 0.717) is 6.54 Å². The highest BCUT2D eigenvalue weighted by atomic mass is 16.5. The van der Waals surface area contributed by atoms with Crippen LogP contribution in [0.1, 0.15) is 18.4 Å². The first-order chi connectivity index (χ1) is 4.86. The van der Waals surface area contributed by atoms with Crippen molar-refractivity contribution in [1.29, 1.82) is 0 Å². The molecule has 0 aliphatic carbocycles. The molecule has 3 heteroatoms. The lowest BCUT2D eigenvalue weighted by Crippen LogP contribution is -2.02. The Morgan fingerprint density at radius 3 is 3.00 bits per heavy atom. The molecule has 0 saturated carbocycles. The Kier molecular flexibility index (Phi) is 2.45. The van der Waals surface area contributed by atoms with Crippen LogP contribution in [0.2, 0.25) is 0 Å². The van der Waals surface area contributed by atoms with Gasteiger partial charge in [-0.1, -0.05) is 12.1 Å². The first-order valence-electron chi connectivity index (χ1n) is 3.51. The molecule has 10 heavy (non-hydrogen) atoms. The average Bonchev–Trinajstić information content (AvgIpc) is 2.37. The molecule has 0 spiro atoms. The molecule has 0 aliphatic rings. The van der Waals surface area contributed by atoms with Crippen LogP contribution >= 0.6 is 0 Å². The molecule has 0 atom stereocenters. The number of rotatable bonds is 3. The minimum absolute atomic E-state index is 0.635. The topological polar surface area (TPSA) is 52.0 Å². The maximum absolute atomic E-state index is 5.33. The van der Waals surface area contributed by atoms with Crippen LogP contribution in [-0.4, -0.2) is 11.7 Å². The first-order valence-corrected chi connectivity index (χ1v) is 3.51. The third-order valence-electron chi connectivity index (χ3n) is 1.36. The molecule has 0 amide bonds. The molecule has 0 aliphatic heterocycles. The van der Waals surface area contributed by atoms with Crippen molar-refractivity contribution in [2.75, 3.05) is 6.54 Å². The normalized spacial score (nSPS) is 10.2. The molecule has 1 rings (SSSR count). The van der Waals surface area contributed by atoms with Crippen molar-refractivity contribution in [3.63, 3.8) is 0 Å². The van der Waals surface area contributed by atoms with E-state index in [2.05, 4.69) is 5.16 Å². The van der Waals surface area contributed by atoms with Gasteiger partial charge in [0.2, 0.25) is 0 Å². The highest BCUT2D eigenvalue weighted by molar-refractivity contribution is 5.05. The third-order valence-corrected chi connectivity index (χ3v) is 1.36. The number of hydrogen-bond acceptors (Lipinski definition) is 3. The molecule has 0 radical (unpaired) electrons. The summed E-state index contributed by atoms with van der Waals surface area (Å²) < 4.78 is 4.96. The molecule has 56 valence electrons. The maximum atomic E-state index is 5.33. The van der Waals surface area contributed by atoms with Crippen LogP contribution in [0.25, 0.3) is 0 Å². The molecule has 1 aromatic heterocycles. The predicted octanol–water partition coefficient (Wildman–Crippen LogP) is 0.738. The fourth-order valence-corrected chi connectivity index (χ4v) is 0.788. The van der Waals surface area contributed by atoms with Crippen LogP contribution in [-0.2, 0) is 12.8 Å². The van der Waals surface area contributed by atoms with Gasteiger partial charge in [-0.25, -0.2) is 0 Å². The van der Waals surface area contributed by atoms with Crippen molar-refractivity contribution in [3.8, 4) is 0 Å². The van der Waals surface area contributed by atoms with E-state index in [4.69, 9.17) is 10.3 Å². The lowest BCUT2D eigenvalue weighted by molar-refractivity contribution is 0.380. The van der Waals surface area contributed by atoms with Gasteiger partial charge in [0.15, 0.2) is 0 Å². The summed E-state index contributed by atoms with van der Waals surface area (Å²) in [6.45, 7) is 2.67. The van der Waals surface area contributed by atoms with Gasteiger partial charge in [0.05, 0.1) is 5.69 Å². The molecule has 3 nitrogen and oxygen atoms in total. The molecule has 2 N–H and O–H groups in total. The lowest BCUT2D eigenvalue weighted by atomic mass is 10.2. The van der Waals surface area contributed by atoms with E-state index in [1.807, 2.05) is 13.0 Å². The molecule has 0 unspecified atom stereocenters. The Morgan fingerprint density at radius 2 is 2.50 bits per heavy atom. The summed E-state index contributed by atoms with van der Waals surface area (Å²) in [5.74, 6) is 0.934. The molecular formula is C7H12N2O. The summed E-state index contributed by atoms with van der Waals surface area (Å²) in [5, 5.41) is 3.82. The van der Waals surface area contributed by atoms with Crippen molar-refractivity contribution in [2.24, 2.45) is 5.73 Å². The van der Waals surface area contributed by atoms with Crippen LogP contribution < -0.4 is 5.73 Å². The fourth-order valence-electron chi connectivity index (χ4n) is 0.788. The zero-order valence-electron chi connectivity index (χ0n) is 6.13. The number of hydrogen-bond donors (Lipinski definition) is 1. The maximum Gasteiger partial charge on any atom is 0.136 e. The van der Waals surface area contributed by atoms with Crippen molar-refractivity contribution in [1.82, 2.24) is 5.16 Å². The summed E-state index contributed by atoms with van der Waals surface area (Å²) >= 11 is 0. The standard InChI is InChI=1S/C7H12N2O/c1-2-7-5-6(3-4-8)9-10-7/h5H,2-4,8H2,1H3. The second kappa shape index (κ2) is 3.37. The van der Waals surface area contributed by atoms with Crippen LogP contribution in [0, 0.1) is 0 Å². The van der Waals surface area contributed by atoms with Gasteiger partial charge in [-0.2, -0.15) is 0 Å². The van der Waals surface area contributed by atoms with Crippen molar-refractivity contribution in [2.45, 2.75) is 19.8 Å². The molecule has 1 heterocycles. The van der Waals surface area contributed by atoms with Crippen LogP contribution in [0.15, 0.2) is 10.6 Å². The van der Waals surface area contributed by atoms with Crippen LogP contribution in [0.3, 0.4) is 0 Å². The van der Waals surface area contributed by atoms with Crippen molar-refractivity contribution in [3.05, 3.63) is 17.5 Å². The van der Waals surface area contributed by atoms with E-state index in [-0.39, 0.29) is 0 Å². The van der Waals surface area contributed by atoms with Crippen molar-refractivity contribution >= 4 is 0 Å². The van der Waals surface area contributed by atoms with Crippen molar-refractivity contribution < 1.29 is 4.52 Å². The SMILES string of the molecule is CCc1cc(CCN)no1. The second-order valence-electron chi connectivity index (χ2n) is 2.18. The Bertz CT molecular complexity index is 195. The minimum atomic E-state index is 0.635. The molecule has 0 fully saturated rings. The number of aryl methyl sites for hydroxylation is 1. The highest BCUT2D eigenvalue weighted by Crippen LogP contribution is 2.03. The van der Waals surface area contributed by atoms with Gasteiger partial charge < -0.3 is 10.3 Å². The largest absolute Gasteiger partial charge is 0.361 e. The fraction of sp³-hybridized carbons (Fsp3) is 0.571. The van der Waals surface area contributed by atoms with E-state index in [9.17, 15) is 0 Å². The van der Waals surface area contributed by atoms with Crippen LogP contribution in [0.4, 0.5) is 0 Å². The average molecular weight is 140 g/mol. The van der Waals surface area contributed by atoms with Crippen LogP contribution in [0.5, 0.6) is 0 Å². The van der Waals surface area contributed by atoms with Gasteiger partial charge in [-0.05, 0) is 6.54 Å². The summed E-state index contributed by atoms with van der Waals surface area (Å²) in [6.07, 6.45) is 1.71. The summed E-state index contributed by atoms with van der Waals surface area (Å²) in [4.78, 5) is 0. The van der Waals surface area contributed by atoms with E-state index < -0.39 is 0 Å². The highest BCUT2D eigenvalue weighted by Gasteiger charge is 1.99. The van der Waals surface area contributed by atoms with Gasteiger partial charge in [0.1, 0.15) is 5.76 Å². The molecule has 0 bridgehead atoms. The summed E-state index contributed by atoms with van der Waals surface area (Å²) in [5.41, 5.74) is 6.29. The van der Waals surface area contributed by atoms with Gasteiger partial charge >= 0.3 is 0 Å². The van der Waals surface area contributed by atoms with E-state index >= 15 is 0 Å². The molecule has 0 saturated heterocycles. The zero-order chi connectivity index (χ0) is 7.40. The first kappa shape index (κ1) is 7.28. The van der Waals surface area contributed by atoms with E-state index in [1.165, 1.54) is 0 Å². The van der Waals surface area contributed by atoms with Gasteiger partial charge in [-0.3, -0.25) is 0 Å². The third kappa shape index (κ3) is 1.57. The smallest absolute Gasteiger partial charge is 0.136 e. The monoisotopic (exact) mass is 140 g/mol. The Hall–Kier alpha value is -0.830. The van der Waals surface area contributed by atoms with E-state index in [0.717, 1.165) is 24.3 Å². The lowest BCUT2D eigenvalue weighted by Gasteiger charge is -1.83. The molecule has 1 aromatic rings. The predicted molar refractivity (Wildman–Crippen MR) is 38.6 cm³/mol. The number of nitrogens with two attached hydrogens (primary N) is 1. The zero-order valence-corrected chi connectivity index (χ0v) is 6.13. The Labute approximate surface area is 60.2 Å². The summed E-state index contributed by atoms with van der Waals surface area (Å²) in [6, 6.07) is 1.95. The Morgan fingerprint density at radius 1 is 1.70 bits per heavy atom. The van der Waals surface area contributed by atoms with Gasteiger partial charge in [-0.15, -0.1) is 0 Å². The quantitative estimate of drug-likeness (QED) is 0.673. The van der Waals surface area contributed by atoms with Gasteiger partial charge in [0.25, 0.3) is 0 Å². The molecule has 0 aromatic carbocycles. The van der Waals surface area contributed by atoms with Gasteiger partial charge in [0, 0.05) is 18.9 Å². The number of aromatic nitrogens is 1. The second-order valence-corrected chi connectivity index (χ2v) is 2.18. The molecular weight excluding hydrogens is 128 g/mol. The summed E-state index contributed by atoms with van der Waals surface area (Å²) in [7, 11) is 0. The minimum Gasteiger partial charge on any atom is -0.361 e.